The van der Waals surface area contributed by atoms with E-state index < -0.39 is 23.5 Å². The zero-order valence-corrected chi connectivity index (χ0v) is 17.9. The van der Waals surface area contributed by atoms with Crippen molar-refractivity contribution < 1.29 is 37.3 Å². The van der Waals surface area contributed by atoms with Crippen molar-refractivity contribution in [3.8, 4) is 5.75 Å². The standard InChI is InChI=1S/C23H26F3NO5/c1-16(12-17-6-8-20(9-7-17)31-14-21(28)30-2)27-10-11-32-22(29,15-27)18-4-3-5-19(13-18)23(24,25)26/h3-9,13,16,29H,10-12,14-15H2,1-2H3. The van der Waals surface area contributed by atoms with Crippen molar-refractivity contribution in [2.75, 3.05) is 33.4 Å². The molecule has 0 saturated carbocycles. The van der Waals surface area contributed by atoms with E-state index in [4.69, 9.17) is 9.47 Å². The van der Waals surface area contributed by atoms with Crippen LogP contribution in [0.3, 0.4) is 0 Å². The van der Waals surface area contributed by atoms with Gasteiger partial charge < -0.3 is 19.3 Å². The van der Waals surface area contributed by atoms with Crippen molar-refractivity contribution in [1.29, 1.82) is 0 Å². The summed E-state index contributed by atoms with van der Waals surface area (Å²) in [5.41, 5.74) is 0.264. The van der Waals surface area contributed by atoms with Gasteiger partial charge in [0.05, 0.1) is 25.8 Å². The second kappa shape index (κ2) is 9.89. The minimum Gasteiger partial charge on any atom is -0.482 e. The van der Waals surface area contributed by atoms with E-state index in [2.05, 4.69) is 4.74 Å². The highest BCUT2D eigenvalue weighted by Gasteiger charge is 2.39. The second-order valence-corrected chi connectivity index (χ2v) is 7.74. The van der Waals surface area contributed by atoms with Crippen LogP contribution < -0.4 is 4.74 Å². The predicted octanol–water partition coefficient (Wildman–Crippen LogP) is 3.37. The maximum atomic E-state index is 13.1. The van der Waals surface area contributed by atoms with E-state index >= 15 is 0 Å². The summed E-state index contributed by atoms with van der Waals surface area (Å²) in [4.78, 5) is 13.1. The van der Waals surface area contributed by atoms with Gasteiger partial charge in [0, 0.05) is 18.2 Å². The molecule has 1 fully saturated rings. The first kappa shape index (κ1) is 24.0. The van der Waals surface area contributed by atoms with Gasteiger partial charge in [0.1, 0.15) is 5.75 Å². The van der Waals surface area contributed by atoms with Crippen LogP contribution in [0.5, 0.6) is 5.75 Å². The van der Waals surface area contributed by atoms with Gasteiger partial charge in [-0.05, 0) is 43.2 Å². The van der Waals surface area contributed by atoms with Crippen molar-refractivity contribution >= 4 is 5.97 Å². The quantitative estimate of drug-likeness (QED) is 0.649. The number of β-amino-alcohol motifs (C(OH)–C–C–N with tert-alkyl or cyclic N) is 1. The SMILES string of the molecule is COC(=O)COc1ccc(CC(C)N2CCOC(O)(c3cccc(C(F)(F)F)c3)C2)cc1. The molecule has 0 aromatic heterocycles. The van der Waals surface area contributed by atoms with E-state index in [1.807, 2.05) is 24.0 Å². The van der Waals surface area contributed by atoms with Gasteiger partial charge >= 0.3 is 12.1 Å². The van der Waals surface area contributed by atoms with Gasteiger partial charge in [-0.2, -0.15) is 13.2 Å². The first-order chi connectivity index (χ1) is 15.1. The molecule has 2 aromatic carbocycles. The number of morpholine rings is 1. The normalized spacial score (nSPS) is 20.6. The van der Waals surface area contributed by atoms with Crippen LogP contribution in [0, 0.1) is 0 Å². The number of methoxy groups -OCH3 is 1. The van der Waals surface area contributed by atoms with Crippen LogP contribution in [0.1, 0.15) is 23.6 Å². The number of rotatable bonds is 7. The highest BCUT2D eigenvalue weighted by molar-refractivity contribution is 5.70. The molecule has 1 saturated heterocycles. The van der Waals surface area contributed by atoms with Gasteiger partial charge in [0.2, 0.25) is 5.79 Å². The van der Waals surface area contributed by atoms with Gasteiger partial charge in [-0.15, -0.1) is 0 Å². The summed E-state index contributed by atoms with van der Waals surface area (Å²) < 4.78 is 54.6. The average Bonchev–Trinajstić information content (AvgIpc) is 2.78. The van der Waals surface area contributed by atoms with E-state index in [-0.39, 0.29) is 31.4 Å². The molecule has 0 radical (unpaired) electrons. The molecule has 0 aliphatic carbocycles. The number of nitrogens with zero attached hydrogens (tertiary/aromatic N) is 1. The summed E-state index contributed by atoms with van der Waals surface area (Å²) >= 11 is 0. The third-order valence-electron chi connectivity index (χ3n) is 5.44. The number of halogens is 3. The van der Waals surface area contributed by atoms with E-state index in [0.717, 1.165) is 17.7 Å². The maximum Gasteiger partial charge on any atom is 0.416 e. The highest BCUT2D eigenvalue weighted by Crippen LogP contribution is 2.34. The molecule has 1 aliphatic rings. The van der Waals surface area contributed by atoms with E-state index in [0.29, 0.717) is 18.7 Å². The lowest BCUT2D eigenvalue weighted by Gasteiger charge is -2.42. The van der Waals surface area contributed by atoms with Gasteiger partial charge in [-0.25, -0.2) is 4.79 Å². The fourth-order valence-electron chi connectivity index (χ4n) is 3.61. The zero-order chi connectivity index (χ0) is 23.4. The summed E-state index contributed by atoms with van der Waals surface area (Å²) in [6, 6.07) is 11.9. The van der Waals surface area contributed by atoms with Crippen molar-refractivity contribution in [1.82, 2.24) is 4.90 Å². The summed E-state index contributed by atoms with van der Waals surface area (Å²) in [5.74, 6) is -1.75. The Kier molecular flexibility index (Phi) is 7.43. The smallest absolute Gasteiger partial charge is 0.416 e. The molecule has 2 atom stereocenters. The number of hydrogen-bond donors (Lipinski definition) is 1. The molecule has 174 valence electrons. The lowest BCUT2D eigenvalue weighted by molar-refractivity contribution is -0.252. The minimum absolute atomic E-state index is 0.00180. The third kappa shape index (κ3) is 5.99. The monoisotopic (exact) mass is 453 g/mol. The van der Waals surface area contributed by atoms with Crippen molar-refractivity contribution in [3.05, 3.63) is 65.2 Å². The van der Waals surface area contributed by atoms with E-state index in [1.54, 1.807) is 12.1 Å². The number of carbonyl (C=O) groups excluding carboxylic acids is 1. The highest BCUT2D eigenvalue weighted by atomic mass is 19.4. The first-order valence-corrected chi connectivity index (χ1v) is 10.2. The van der Waals surface area contributed by atoms with Gasteiger partial charge in [-0.1, -0.05) is 24.3 Å². The van der Waals surface area contributed by atoms with E-state index in [1.165, 1.54) is 19.2 Å². The van der Waals surface area contributed by atoms with Gasteiger partial charge in [-0.3, -0.25) is 4.90 Å². The van der Waals surface area contributed by atoms with Crippen LogP contribution in [-0.2, 0) is 32.7 Å². The van der Waals surface area contributed by atoms with Crippen molar-refractivity contribution in [2.45, 2.75) is 31.3 Å². The van der Waals surface area contributed by atoms with Crippen LogP contribution in [0.2, 0.25) is 0 Å². The molecule has 1 aliphatic heterocycles. The van der Waals surface area contributed by atoms with Crippen molar-refractivity contribution in [2.24, 2.45) is 0 Å². The molecular weight excluding hydrogens is 427 g/mol. The van der Waals surface area contributed by atoms with Crippen molar-refractivity contribution in [3.63, 3.8) is 0 Å². The minimum atomic E-state index is -4.50. The molecule has 0 bridgehead atoms. The number of esters is 1. The topological polar surface area (TPSA) is 68.2 Å². The van der Waals surface area contributed by atoms with Crippen LogP contribution in [0.4, 0.5) is 13.2 Å². The molecule has 9 heteroatoms. The molecule has 1 N–H and O–H groups in total. The molecule has 6 nitrogen and oxygen atoms in total. The van der Waals surface area contributed by atoms with Crippen LogP contribution >= 0.6 is 0 Å². The van der Waals surface area contributed by atoms with E-state index in [9.17, 15) is 23.1 Å². The number of aliphatic hydroxyl groups is 1. The molecule has 3 rings (SSSR count). The van der Waals surface area contributed by atoms with Crippen LogP contribution in [0.25, 0.3) is 0 Å². The number of hydrogen-bond acceptors (Lipinski definition) is 6. The number of alkyl halides is 3. The molecular formula is C23H26F3NO5. The lowest BCUT2D eigenvalue weighted by atomic mass is 9.99. The fourth-order valence-corrected chi connectivity index (χ4v) is 3.61. The fraction of sp³-hybridized carbons (Fsp3) is 0.435. The molecule has 2 unspecified atom stereocenters. The molecule has 0 spiro atoms. The summed E-state index contributed by atoms with van der Waals surface area (Å²) in [5, 5.41) is 11.0. The molecule has 32 heavy (non-hydrogen) atoms. The number of ether oxygens (including phenoxy) is 3. The Hall–Kier alpha value is -2.62. The summed E-state index contributed by atoms with van der Waals surface area (Å²) in [6.07, 6.45) is -3.85. The number of benzene rings is 2. The van der Waals surface area contributed by atoms with Gasteiger partial charge in [0.15, 0.2) is 6.61 Å². The third-order valence-corrected chi connectivity index (χ3v) is 5.44. The van der Waals surface area contributed by atoms with Crippen LogP contribution in [0.15, 0.2) is 48.5 Å². The molecule has 2 aromatic rings. The average molecular weight is 453 g/mol. The summed E-state index contributed by atoms with van der Waals surface area (Å²) in [7, 11) is 1.29. The molecule has 1 heterocycles. The Morgan fingerprint density at radius 2 is 1.97 bits per heavy atom. The second-order valence-electron chi connectivity index (χ2n) is 7.74. The Bertz CT molecular complexity index is 919. The zero-order valence-electron chi connectivity index (χ0n) is 17.9. The predicted molar refractivity (Wildman–Crippen MR) is 110 cm³/mol. The molecule has 0 amide bonds. The Balaban J connectivity index is 1.64. The van der Waals surface area contributed by atoms with Crippen LogP contribution in [-0.4, -0.2) is 55.4 Å². The number of carbonyl (C=O) groups is 1. The Labute approximate surface area is 184 Å². The summed E-state index contributed by atoms with van der Waals surface area (Å²) in [6.45, 7) is 2.60. The lowest BCUT2D eigenvalue weighted by Crippen LogP contribution is -2.53. The Morgan fingerprint density at radius 1 is 1.25 bits per heavy atom. The first-order valence-electron chi connectivity index (χ1n) is 10.2. The maximum absolute atomic E-state index is 13.1. The van der Waals surface area contributed by atoms with Gasteiger partial charge in [0.25, 0.3) is 0 Å². The Morgan fingerprint density at radius 3 is 2.62 bits per heavy atom. The largest absolute Gasteiger partial charge is 0.482 e.